The number of carbonyl (C=O) groups excluding carboxylic acids is 3. The van der Waals surface area contributed by atoms with Gasteiger partial charge in [0.1, 0.15) is 6.04 Å². The summed E-state index contributed by atoms with van der Waals surface area (Å²) in [5.74, 6) is 0.113. The van der Waals surface area contributed by atoms with Gasteiger partial charge in [0.05, 0.1) is 0 Å². The van der Waals surface area contributed by atoms with E-state index < -0.39 is 6.04 Å². The molecule has 1 N–H and O–H groups in total. The van der Waals surface area contributed by atoms with Crippen molar-refractivity contribution in [1.29, 1.82) is 0 Å². The minimum Gasteiger partial charge on any atom is -0.338 e. The van der Waals surface area contributed by atoms with Crippen molar-refractivity contribution in [2.75, 3.05) is 18.4 Å². The van der Waals surface area contributed by atoms with Gasteiger partial charge in [0.25, 0.3) is 0 Å². The SMILES string of the molecule is CCC(=O)N1CCCCC1C(=O)Nc1cccc(CN2CCCCC2=O)c1. The van der Waals surface area contributed by atoms with E-state index in [9.17, 15) is 14.4 Å². The first-order valence-electron chi connectivity index (χ1n) is 10.1. The van der Waals surface area contributed by atoms with Crippen molar-refractivity contribution in [3.63, 3.8) is 0 Å². The van der Waals surface area contributed by atoms with Gasteiger partial charge in [-0.25, -0.2) is 0 Å². The zero-order chi connectivity index (χ0) is 19.2. The van der Waals surface area contributed by atoms with E-state index in [1.807, 2.05) is 36.1 Å². The zero-order valence-electron chi connectivity index (χ0n) is 16.1. The number of hydrogen-bond donors (Lipinski definition) is 1. The number of rotatable bonds is 5. The first-order chi connectivity index (χ1) is 13.1. The minimum atomic E-state index is -0.390. The fourth-order valence-electron chi connectivity index (χ4n) is 3.93. The van der Waals surface area contributed by atoms with Gasteiger partial charge in [-0.2, -0.15) is 0 Å². The number of amides is 3. The lowest BCUT2D eigenvalue weighted by Gasteiger charge is -2.34. The average Bonchev–Trinajstić information content (AvgIpc) is 2.69. The van der Waals surface area contributed by atoms with Gasteiger partial charge in [0, 0.05) is 38.2 Å². The maximum Gasteiger partial charge on any atom is 0.247 e. The Bertz CT molecular complexity index is 704. The smallest absolute Gasteiger partial charge is 0.247 e. The molecule has 6 nitrogen and oxygen atoms in total. The Morgan fingerprint density at radius 2 is 1.96 bits per heavy atom. The van der Waals surface area contributed by atoms with E-state index in [1.54, 1.807) is 4.90 Å². The van der Waals surface area contributed by atoms with Crippen LogP contribution in [-0.4, -0.2) is 46.7 Å². The summed E-state index contributed by atoms with van der Waals surface area (Å²) in [6.07, 6.45) is 5.69. The molecule has 2 saturated heterocycles. The molecule has 3 rings (SSSR count). The standard InChI is InChI=1S/C21H29N3O3/c1-2-19(25)24-13-6-3-10-18(24)21(27)22-17-9-7-8-16(14-17)15-23-12-5-4-11-20(23)26/h7-9,14,18H,2-6,10-13,15H2,1H3,(H,22,27). The van der Waals surface area contributed by atoms with Crippen molar-refractivity contribution in [1.82, 2.24) is 9.80 Å². The van der Waals surface area contributed by atoms with Gasteiger partial charge in [-0.15, -0.1) is 0 Å². The molecule has 0 spiro atoms. The first kappa shape index (κ1) is 19.4. The molecule has 0 aliphatic carbocycles. The molecule has 27 heavy (non-hydrogen) atoms. The van der Waals surface area contributed by atoms with Crippen LogP contribution in [0.1, 0.15) is 57.4 Å². The molecule has 6 heteroatoms. The van der Waals surface area contributed by atoms with Crippen LogP contribution in [0.5, 0.6) is 0 Å². The molecule has 3 amide bonds. The van der Waals surface area contributed by atoms with E-state index in [2.05, 4.69) is 5.32 Å². The fraction of sp³-hybridized carbons (Fsp3) is 0.571. The van der Waals surface area contributed by atoms with Gasteiger partial charge < -0.3 is 15.1 Å². The predicted molar refractivity (Wildman–Crippen MR) is 104 cm³/mol. The van der Waals surface area contributed by atoms with Crippen LogP contribution in [0.4, 0.5) is 5.69 Å². The van der Waals surface area contributed by atoms with Crippen molar-refractivity contribution in [2.24, 2.45) is 0 Å². The lowest BCUT2D eigenvalue weighted by molar-refractivity contribution is -0.140. The minimum absolute atomic E-state index is 0.0345. The van der Waals surface area contributed by atoms with Crippen LogP contribution in [-0.2, 0) is 20.9 Å². The molecule has 0 aromatic heterocycles. The number of benzene rings is 1. The molecule has 0 radical (unpaired) electrons. The number of piperidine rings is 2. The van der Waals surface area contributed by atoms with Crippen LogP contribution >= 0.6 is 0 Å². The average molecular weight is 371 g/mol. The third kappa shape index (κ3) is 4.87. The van der Waals surface area contributed by atoms with Gasteiger partial charge in [0.2, 0.25) is 17.7 Å². The summed E-state index contributed by atoms with van der Waals surface area (Å²) in [6, 6.07) is 7.27. The Balaban J connectivity index is 1.65. The highest BCUT2D eigenvalue weighted by Gasteiger charge is 2.31. The number of nitrogens with one attached hydrogen (secondary N) is 1. The zero-order valence-corrected chi connectivity index (χ0v) is 16.1. The Hall–Kier alpha value is -2.37. The highest BCUT2D eigenvalue weighted by atomic mass is 16.2. The van der Waals surface area contributed by atoms with E-state index in [0.29, 0.717) is 32.4 Å². The summed E-state index contributed by atoms with van der Waals surface area (Å²) in [5, 5.41) is 2.97. The number of nitrogens with zero attached hydrogens (tertiary/aromatic N) is 2. The molecule has 1 aromatic carbocycles. The van der Waals surface area contributed by atoms with Gasteiger partial charge >= 0.3 is 0 Å². The predicted octanol–water partition coefficient (Wildman–Crippen LogP) is 2.93. The number of likely N-dealkylation sites (tertiary alicyclic amines) is 2. The third-order valence-corrected chi connectivity index (χ3v) is 5.42. The van der Waals surface area contributed by atoms with Gasteiger partial charge in [-0.3, -0.25) is 14.4 Å². The van der Waals surface area contributed by atoms with Gasteiger partial charge in [-0.1, -0.05) is 19.1 Å². The van der Waals surface area contributed by atoms with Crippen LogP contribution in [0.25, 0.3) is 0 Å². The summed E-state index contributed by atoms with van der Waals surface area (Å²) in [4.78, 5) is 40.5. The number of carbonyl (C=O) groups is 3. The molecule has 146 valence electrons. The highest BCUT2D eigenvalue weighted by molar-refractivity contribution is 5.97. The van der Waals surface area contributed by atoms with Crippen LogP contribution in [0.15, 0.2) is 24.3 Å². The monoisotopic (exact) mass is 371 g/mol. The van der Waals surface area contributed by atoms with Crippen molar-refractivity contribution in [3.8, 4) is 0 Å². The molecule has 1 aromatic rings. The van der Waals surface area contributed by atoms with Gasteiger partial charge in [-0.05, 0) is 49.8 Å². The lowest BCUT2D eigenvalue weighted by atomic mass is 10.0. The number of anilines is 1. The molecular weight excluding hydrogens is 342 g/mol. The van der Waals surface area contributed by atoms with Crippen LogP contribution in [0, 0.1) is 0 Å². The molecule has 2 aliphatic rings. The normalized spacial score (nSPS) is 20.5. The summed E-state index contributed by atoms with van der Waals surface area (Å²) in [6.45, 7) is 3.86. The first-order valence-corrected chi connectivity index (χ1v) is 10.1. The van der Waals surface area contributed by atoms with Crippen molar-refractivity contribution < 1.29 is 14.4 Å². The lowest BCUT2D eigenvalue weighted by Crippen LogP contribution is -2.49. The molecule has 2 aliphatic heterocycles. The molecule has 0 saturated carbocycles. The maximum atomic E-state index is 12.8. The second-order valence-electron chi connectivity index (χ2n) is 7.41. The molecule has 0 bridgehead atoms. The van der Waals surface area contributed by atoms with E-state index >= 15 is 0 Å². The molecule has 1 unspecified atom stereocenters. The van der Waals surface area contributed by atoms with Crippen molar-refractivity contribution in [2.45, 2.75) is 64.5 Å². The van der Waals surface area contributed by atoms with Crippen LogP contribution < -0.4 is 5.32 Å². The van der Waals surface area contributed by atoms with E-state index in [-0.39, 0.29) is 17.7 Å². The largest absolute Gasteiger partial charge is 0.338 e. The van der Waals surface area contributed by atoms with E-state index in [4.69, 9.17) is 0 Å². The topological polar surface area (TPSA) is 69.7 Å². The summed E-state index contributed by atoms with van der Waals surface area (Å²) in [5.41, 5.74) is 1.73. The Morgan fingerprint density at radius 3 is 2.74 bits per heavy atom. The maximum absolute atomic E-state index is 12.8. The van der Waals surface area contributed by atoms with Crippen LogP contribution in [0.2, 0.25) is 0 Å². The molecule has 2 fully saturated rings. The second kappa shape index (κ2) is 9.02. The van der Waals surface area contributed by atoms with E-state index in [0.717, 1.165) is 43.5 Å². The molecule has 1 atom stereocenters. The van der Waals surface area contributed by atoms with Gasteiger partial charge in [0.15, 0.2) is 0 Å². The number of hydrogen-bond acceptors (Lipinski definition) is 3. The van der Waals surface area contributed by atoms with E-state index in [1.165, 1.54) is 0 Å². The highest BCUT2D eigenvalue weighted by Crippen LogP contribution is 2.21. The van der Waals surface area contributed by atoms with Crippen LogP contribution in [0.3, 0.4) is 0 Å². The Kier molecular flexibility index (Phi) is 6.48. The third-order valence-electron chi connectivity index (χ3n) is 5.42. The fourth-order valence-corrected chi connectivity index (χ4v) is 3.93. The quantitative estimate of drug-likeness (QED) is 0.865. The molecule has 2 heterocycles. The second-order valence-corrected chi connectivity index (χ2v) is 7.41. The van der Waals surface area contributed by atoms with Crippen molar-refractivity contribution >= 4 is 23.4 Å². The summed E-state index contributed by atoms with van der Waals surface area (Å²) in [7, 11) is 0. The molecular formula is C21H29N3O3. The summed E-state index contributed by atoms with van der Waals surface area (Å²) < 4.78 is 0. The Morgan fingerprint density at radius 1 is 1.15 bits per heavy atom. The Labute approximate surface area is 160 Å². The summed E-state index contributed by atoms with van der Waals surface area (Å²) >= 11 is 0. The van der Waals surface area contributed by atoms with Crippen molar-refractivity contribution in [3.05, 3.63) is 29.8 Å².